The molecule has 0 saturated heterocycles. The Balaban J connectivity index is 2.70. The number of benzene rings is 1. The minimum absolute atomic E-state index is 0.381. The number of halogens is 2. The molecule has 0 saturated carbocycles. The fraction of sp³-hybridized carbons (Fsp3) is 0.167. The van der Waals surface area contributed by atoms with Crippen LogP contribution in [0.25, 0.3) is 0 Å². The highest BCUT2D eigenvalue weighted by Crippen LogP contribution is 2.15. The fourth-order valence-electron chi connectivity index (χ4n) is 1.27. The molecule has 0 radical (unpaired) electrons. The maximum atomic E-state index is 13.0. The lowest BCUT2D eigenvalue weighted by molar-refractivity contribution is -0.131. The van der Waals surface area contributed by atoms with E-state index in [1.54, 1.807) is 6.92 Å². The van der Waals surface area contributed by atoms with Crippen LogP contribution in [-0.4, -0.2) is 17.0 Å². The lowest BCUT2D eigenvalue weighted by Gasteiger charge is -2.12. The first-order chi connectivity index (χ1) is 8.40. The highest BCUT2D eigenvalue weighted by atomic mass is 19.2. The van der Waals surface area contributed by atoms with E-state index in [1.165, 1.54) is 6.07 Å². The van der Waals surface area contributed by atoms with Gasteiger partial charge in [-0.15, -0.1) is 0 Å². The second kappa shape index (κ2) is 5.90. The minimum atomic E-state index is -1.24. The quantitative estimate of drug-likeness (QED) is 0.806. The van der Waals surface area contributed by atoms with Gasteiger partial charge in [0.1, 0.15) is 0 Å². The van der Waals surface area contributed by atoms with E-state index in [9.17, 15) is 18.4 Å². The summed E-state index contributed by atoms with van der Waals surface area (Å²) in [5.41, 5.74) is 0.381. The first-order valence-corrected chi connectivity index (χ1v) is 5.06. The van der Waals surface area contributed by atoms with Crippen molar-refractivity contribution in [3.05, 3.63) is 47.5 Å². The van der Waals surface area contributed by atoms with Crippen molar-refractivity contribution in [2.24, 2.45) is 0 Å². The summed E-state index contributed by atoms with van der Waals surface area (Å²) in [7, 11) is 0. The van der Waals surface area contributed by atoms with Crippen molar-refractivity contribution in [2.45, 2.75) is 13.0 Å². The number of carbonyl (C=O) groups excluding carboxylic acids is 1. The molecule has 2 N–H and O–H groups in total. The molecular weight excluding hydrogens is 244 g/mol. The molecule has 1 rings (SSSR count). The molecule has 96 valence electrons. The van der Waals surface area contributed by atoms with Crippen LogP contribution in [-0.2, 0) is 9.59 Å². The molecule has 0 aliphatic heterocycles. The van der Waals surface area contributed by atoms with Crippen molar-refractivity contribution >= 4 is 11.9 Å². The van der Waals surface area contributed by atoms with Gasteiger partial charge in [0, 0.05) is 12.2 Å². The Morgan fingerprint density at radius 2 is 1.94 bits per heavy atom. The SMILES string of the molecule is CC(NC(=O)/C=C/C(=O)O)c1ccc(F)c(F)c1. The lowest BCUT2D eigenvalue weighted by Crippen LogP contribution is -2.25. The predicted octanol–water partition coefficient (Wildman–Crippen LogP) is 1.78. The molecule has 0 bridgehead atoms. The molecule has 4 nitrogen and oxygen atoms in total. The van der Waals surface area contributed by atoms with Crippen molar-refractivity contribution in [1.82, 2.24) is 5.32 Å². The van der Waals surface area contributed by atoms with Gasteiger partial charge in [0.25, 0.3) is 0 Å². The van der Waals surface area contributed by atoms with Crippen LogP contribution in [0.2, 0.25) is 0 Å². The summed E-state index contributed by atoms with van der Waals surface area (Å²) in [5, 5.41) is 10.7. The first kappa shape index (κ1) is 13.8. The molecule has 1 aromatic carbocycles. The monoisotopic (exact) mass is 255 g/mol. The van der Waals surface area contributed by atoms with Gasteiger partial charge in [-0.05, 0) is 24.6 Å². The third-order valence-corrected chi connectivity index (χ3v) is 2.18. The van der Waals surface area contributed by atoms with E-state index in [1.807, 2.05) is 0 Å². The molecule has 0 aromatic heterocycles. The number of rotatable bonds is 4. The normalized spacial score (nSPS) is 12.4. The number of hydrogen-bond acceptors (Lipinski definition) is 2. The van der Waals surface area contributed by atoms with Crippen LogP contribution in [0.1, 0.15) is 18.5 Å². The van der Waals surface area contributed by atoms with Gasteiger partial charge >= 0.3 is 5.97 Å². The Labute approximate surface area is 102 Å². The fourth-order valence-corrected chi connectivity index (χ4v) is 1.27. The van der Waals surface area contributed by atoms with Crippen LogP contribution in [0, 0.1) is 11.6 Å². The van der Waals surface area contributed by atoms with Gasteiger partial charge in [-0.2, -0.15) is 0 Å². The molecule has 6 heteroatoms. The van der Waals surface area contributed by atoms with Crippen molar-refractivity contribution in [2.75, 3.05) is 0 Å². The molecule has 0 fully saturated rings. The maximum absolute atomic E-state index is 13.0. The van der Waals surface area contributed by atoms with E-state index >= 15 is 0 Å². The molecule has 0 aliphatic carbocycles. The van der Waals surface area contributed by atoms with Crippen LogP contribution >= 0.6 is 0 Å². The van der Waals surface area contributed by atoms with Crippen LogP contribution in [0.5, 0.6) is 0 Å². The zero-order chi connectivity index (χ0) is 13.7. The highest BCUT2D eigenvalue weighted by Gasteiger charge is 2.10. The Bertz CT molecular complexity index is 500. The Morgan fingerprint density at radius 3 is 2.50 bits per heavy atom. The van der Waals surface area contributed by atoms with E-state index in [2.05, 4.69) is 5.32 Å². The lowest BCUT2D eigenvalue weighted by atomic mass is 10.1. The van der Waals surface area contributed by atoms with Gasteiger partial charge in [-0.3, -0.25) is 4.79 Å². The third-order valence-electron chi connectivity index (χ3n) is 2.18. The standard InChI is InChI=1S/C12H11F2NO3/c1-7(15-11(16)4-5-12(17)18)8-2-3-9(13)10(14)6-8/h2-7H,1H3,(H,15,16)(H,17,18)/b5-4+. The predicted molar refractivity (Wildman–Crippen MR) is 59.7 cm³/mol. The molecule has 0 heterocycles. The second-order valence-electron chi connectivity index (χ2n) is 3.58. The summed E-state index contributed by atoms with van der Waals surface area (Å²) < 4.78 is 25.6. The van der Waals surface area contributed by atoms with E-state index in [0.717, 1.165) is 18.2 Å². The minimum Gasteiger partial charge on any atom is -0.478 e. The Morgan fingerprint density at radius 1 is 1.28 bits per heavy atom. The van der Waals surface area contributed by atoms with Crippen LogP contribution in [0.15, 0.2) is 30.4 Å². The third kappa shape index (κ3) is 3.97. The summed E-state index contributed by atoms with van der Waals surface area (Å²) in [4.78, 5) is 21.4. The van der Waals surface area contributed by atoms with E-state index in [-0.39, 0.29) is 0 Å². The van der Waals surface area contributed by atoms with Crippen molar-refractivity contribution in [3.8, 4) is 0 Å². The molecule has 0 aliphatic rings. The van der Waals surface area contributed by atoms with Crippen LogP contribution < -0.4 is 5.32 Å². The number of aliphatic carboxylic acids is 1. The van der Waals surface area contributed by atoms with E-state index in [0.29, 0.717) is 11.6 Å². The number of carboxylic acid groups (broad SMARTS) is 1. The number of carboxylic acids is 1. The second-order valence-corrected chi connectivity index (χ2v) is 3.58. The van der Waals surface area contributed by atoms with Gasteiger partial charge in [-0.1, -0.05) is 6.07 Å². The molecule has 1 unspecified atom stereocenters. The summed E-state index contributed by atoms with van der Waals surface area (Å²) in [6.45, 7) is 1.57. The topological polar surface area (TPSA) is 66.4 Å². The average Bonchev–Trinajstić information content (AvgIpc) is 2.30. The van der Waals surface area contributed by atoms with E-state index < -0.39 is 29.6 Å². The Kier molecular flexibility index (Phi) is 4.53. The number of carbonyl (C=O) groups is 2. The largest absolute Gasteiger partial charge is 0.478 e. The van der Waals surface area contributed by atoms with Crippen molar-refractivity contribution in [3.63, 3.8) is 0 Å². The zero-order valence-corrected chi connectivity index (χ0v) is 9.48. The molecular formula is C12H11F2NO3. The molecule has 1 aromatic rings. The Hall–Kier alpha value is -2.24. The van der Waals surface area contributed by atoms with Gasteiger partial charge < -0.3 is 10.4 Å². The zero-order valence-electron chi connectivity index (χ0n) is 9.48. The summed E-state index contributed by atoms with van der Waals surface area (Å²) in [5.74, 6) is -3.85. The maximum Gasteiger partial charge on any atom is 0.328 e. The smallest absolute Gasteiger partial charge is 0.328 e. The van der Waals surface area contributed by atoms with E-state index in [4.69, 9.17) is 5.11 Å². The van der Waals surface area contributed by atoms with Gasteiger partial charge in [-0.25, -0.2) is 13.6 Å². The van der Waals surface area contributed by atoms with Crippen LogP contribution in [0.4, 0.5) is 8.78 Å². The molecule has 18 heavy (non-hydrogen) atoms. The number of amides is 1. The molecule has 1 amide bonds. The van der Waals surface area contributed by atoms with Gasteiger partial charge in [0.2, 0.25) is 5.91 Å². The van der Waals surface area contributed by atoms with Gasteiger partial charge in [0.05, 0.1) is 6.04 Å². The van der Waals surface area contributed by atoms with Gasteiger partial charge in [0.15, 0.2) is 11.6 Å². The summed E-state index contributed by atoms with van der Waals surface area (Å²) >= 11 is 0. The summed E-state index contributed by atoms with van der Waals surface area (Å²) in [6, 6.07) is 2.71. The van der Waals surface area contributed by atoms with Crippen molar-refractivity contribution < 1.29 is 23.5 Å². The van der Waals surface area contributed by atoms with Crippen molar-refractivity contribution in [1.29, 1.82) is 0 Å². The highest BCUT2D eigenvalue weighted by molar-refractivity contribution is 5.94. The first-order valence-electron chi connectivity index (χ1n) is 5.06. The number of hydrogen-bond donors (Lipinski definition) is 2. The number of nitrogens with one attached hydrogen (secondary N) is 1. The molecule has 1 atom stereocenters. The summed E-state index contributed by atoms with van der Waals surface area (Å²) in [6.07, 6.45) is 1.53. The average molecular weight is 255 g/mol. The molecule has 0 spiro atoms. The van der Waals surface area contributed by atoms with Crippen LogP contribution in [0.3, 0.4) is 0 Å².